The molecule has 2 rings (SSSR count). The van der Waals surface area contributed by atoms with Gasteiger partial charge in [-0.2, -0.15) is 0 Å². The quantitative estimate of drug-likeness (QED) is 0.850. The smallest absolute Gasteiger partial charge is 0.260 e. The van der Waals surface area contributed by atoms with Gasteiger partial charge in [-0.3, -0.25) is 4.79 Å². The first kappa shape index (κ1) is 14.5. The predicted octanol–water partition coefficient (Wildman–Crippen LogP) is 3.77. The number of hydrogen-bond donors (Lipinski definition) is 0. The van der Waals surface area contributed by atoms with E-state index in [0.717, 1.165) is 19.4 Å². The zero-order valence-electron chi connectivity index (χ0n) is 10.9. The van der Waals surface area contributed by atoms with Gasteiger partial charge >= 0.3 is 0 Å². The van der Waals surface area contributed by atoms with Gasteiger partial charge in [0.05, 0.1) is 10.0 Å². The number of likely N-dealkylation sites (tertiary alicyclic amines) is 1. The normalized spacial score (nSPS) is 19.3. The first-order chi connectivity index (χ1) is 9.09. The molecule has 0 bridgehead atoms. The Hall–Kier alpha value is -0.930. The Morgan fingerprint density at radius 1 is 1.37 bits per heavy atom. The zero-order chi connectivity index (χ0) is 13.8. The molecule has 0 aromatic heterocycles. The van der Waals surface area contributed by atoms with Crippen molar-refractivity contribution in [2.75, 3.05) is 13.2 Å². The van der Waals surface area contributed by atoms with Crippen molar-refractivity contribution in [3.05, 3.63) is 28.2 Å². The first-order valence-electron chi connectivity index (χ1n) is 6.46. The summed E-state index contributed by atoms with van der Waals surface area (Å²) in [5.41, 5.74) is 0. The molecule has 0 N–H and O–H groups in total. The summed E-state index contributed by atoms with van der Waals surface area (Å²) in [6.07, 6.45) is 3.30. The Kier molecular flexibility index (Phi) is 4.94. The molecule has 0 spiro atoms. The van der Waals surface area contributed by atoms with Crippen LogP contribution in [0.1, 0.15) is 26.2 Å². The van der Waals surface area contributed by atoms with Crippen LogP contribution in [-0.2, 0) is 4.79 Å². The lowest BCUT2D eigenvalue weighted by Crippen LogP contribution is -2.44. The summed E-state index contributed by atoms with van der Waals surface area (Å²) in [5.74, 6) is 0.368. The molecule has 1 fully saturated rings. The van der Waals surface area contributed by atoms with Crippen molar-refractivity contribution in [2.24, 2.45) is 0 Å². The Balaban J connectivity index is 1.96. The molecule has 1 aromatic rings. The number of benzene rings is 1. The highest BCUT2D eigenvalue weighted by Gasteiger charge is 2.23. The van der Waals surface area contributed by atoms with Crippen LogP contribution in [0, 0.1) is 0 Å². The monoisotopic (exact) mass is 301 g/mol. The molecular formula is C14H17Cl2NO2. The summed E-state index contributed by atoms with van der Waals surface area (Å²) in [4.78, 5) is 14.0. The minimum atomic E-state index is -0.0200. The first-order valence-corrected chi connectivity index (χ1v) is 7.21. The van der Waals surface area contributed by atoms with Gasteiger partial charge in [-0.05, 0) is 38.3 Å². The molecule has 19 heavy (non-hydrogen) atoms. The van der Waals surface area contributed by atoms with Crippen molar-refractivity contribution in [1.82, 2.24) is 4.90 Å². The number of carbonyl (C=O) groups is 1. The molecule has 1 aliphatic heterocycles. The largest absolute Gasteiger partial charge is 0.481 e. The predicted molar refractivity (Wildman–Crippen MR) is 77.0 cm³/mol. The third-order valence-corrected chi connectivity index (χ3v) is 3.98. The average molecular weight is 302 g/mol. The van der Waals surface area contributed by atoms with Crippen LogP contribution in [0.4, 0.5) is 0 Å². The molecular weight excluding hydrogens is 285 g/mol. The molecule has 0 saturated carbocycles. The average Bonchev–Trinajstić information content (AvgIpc) is 2.38. The van der Waals surface area contributed by atoms with Gasteiger partial charge in [0.25, 0.3) is 5.91 Å². The zero-order valence-corrected chi connectivity index (χ0v) is 12.4. The molecule has 3 nitrogen and oxygen atoms in total. The summed E-state index contributed by atoms with van der Waals surface area (Å²) >= 11 is 12.0. The second-order valence-corrected chi connectivity index (χ2v) is 5.59. The summed E-state index contributed by atoms with van der Waals surface area (Å²) in [7, 11) is 0. The van der Waals surface area contributed by atoms with Gasteiger partial charge in [0.1, 0.15) is 0 Å². The molecule has 1 aromatic carbocycles. The number of piperidine rings is 1. The molecule has 0 aliphatic carbocycles. The highest BCUT2D eigenvalue weighted by Crippen LogP contribution is 2.32. The summed E-state index contributed by atoms with van der Waals surface area (Å²) in [6.45, 7) is 2.85. The second kappa shape index (κ2) is 6.49. The Labute approximate surface area is 123 Å². The van der Waals surface area contributed by atoms with E-state index in [1.54, 1.807) is 18.2 Å². The molecule has 0 radical (unpaired) electrons. The van der Waals surface area contributed by atoms with E-state index in [4.69, 9.17) is 27.9 Å². The van der Waals surface area contributed by atoms with E-state index < -0.39 is 0 Å². The highest BCUT2D eigenvalue weighted by atomic mass is 35.5. The van der Waals surface area contributed by atoms with Crippen molar-refractivity contribution < 1.29 is 9.53 Å². The molecule has 1 atom stereocenters. The number of rotatable bonds is 3. The lowest BCUT2D eigenvalue weighted by atomic mass is 10.0. The highest BCUT2D eigenvalue weighted by molar-refractivity contribution is 6.37. The fraction of sp³-hybridized carbons (Fsp3) is 0.500. The number of para-hydroxylation sites is 1. The molecule has 1 aliphatic rings. The molecule has 1 saturated heterocycles. The Morgan fingerprint density at radius 2 is 2.05 bits per heavy atom. The minimum Gasteiger partial charge on any atom is -0.481 e. The third kappa shape index (κ3) is 3.54. The van der Waals surface area contributed by atoms with Gasteiger partial charge in [0.15, 0.2) is 12.4 Å². The number of carbonyl (C=O) groups excluding carboxylic acids is 1. The maximum Gasteiger partial charge on any atom is 0.260 e. The second-order valence-electron chi connectivity index (χ2n) is 4.77. The number of ether oxygens (including phenoxy) is 1. The minimum absolute atomic E-state index is 0.0109. The van der Waals surface area contributed by atoms with Crippen molar-refractivity contribution in [3.63, 3.8) is 0 Å². The number of amides is 1. The van der Waals surface area contributed by atoms with Gasteiger partial charge in [-0.1, -0.05) is 29.3 Å². The molecule has 1 heterocycles. The Bertz CT molecular complexity index is 445. The molecule has 1 unspecified atom stereocenters. The van der Waals surface area contributed by atoms with Crippen LogP contribution >= 0.6 is 23.2 Å². The van der Waals surface area contributed by atoms with Gasteiger partial charge in [0, 0.05) is 12.6 Å². The van der Waals surface area contributed by atoms with Crippen LogP contribution in [0.25, 0.3) is 0 Å². The van der Waals surface area contributed by atoms with Crippen molar-refractivity contribution in [3.8, 4) is 5.75 Å². The SMILES string of the molecule is CC1CCCCN1C(=O)COc1c(Cl)cccc1Cl. The van der Waals surface area contributed by atoms with E-state index in [0.29, 0.717) is 15.8 Å². The van der Waals surface area contributed by atoms with Crippen molar-refractivity contribution >= 4 is 29.1 Å². The lowest BCUT2D eigenvalue weighted by Gasteiger charge is -2.33. The topological polar surface area (TPSA) is 29.5 Å². The fourth-order valence-electron chi connectivity index (χ4n) is 2.31. The summed E-state index contributed by atoms with van der Waals surface area (Å²) in [6, 6.07) is 5.41. The van der Waals surface area contributed by atoms with E-state index in [2.05, 4.69) is 6.92 Å². The fourth-order valence-corrected chi connectivity index (χ4v) is 2.81. The van der Waals surface area contributed by atoms with Crippen LogP contribution in [0.5, 0.6) is 5.75 Å². The van der Waals surface area contributed by atoms with Gasteiger partial charge < -0.3 is 9.64 Å². The molecule has 5 heteroatoms. The van der Waals surface area contributed by atoms with Crippen LogP contribution in [0.15, 0.2) is 18.2 Å². The maximum absolute atomic E-state index is 12.1. The lowest BCUT2D eigenvalue weighted by molar-refractivity contribution is -0.136. The standard InChI is InChI=1S/C14H17Cl2NO2/c1-10-5-2-3-8-17(10)13(18)9-19-14-11(15)6-4-7-12(14)16/h4,6-7,10H,2-3,5,8-9H2,1H3. The number of nitrogens with zero attached hydrogens (tertiary/aromatic N) is 1. The van der Waals surface area contributed by atoms with Crippen LogP contribution < -0.4 is 4.74 Å². The van der Waals surface area contributed by atoms with E-state index in [1.165, 1.54) is 6.42 Å². The van der Waals surface area contributed by atoms with Gasteiger partial charge in [-0.15, -0.1) is 0 Å². The van der Waals surface area contributed by atoms with E-state index in [1.807, 2.05) is 4.90 Å². The van der Waals surface area contributed by atoms with Crippen molar-refractivity contribution in [1.29, 1.82) is 0 Å². The maximum atomic E-state index is 12.1. The molecule has 104 valence electrons. The van der Waals surface area contributed by atoms with Crippen molar-refractivity contribution in [2.45, 2.75) is 32.2 Å². The van der Waals surface area contributed by atoms with Crippen LogP contribution in [0.2, 0.25) is 10.0 Å². The summed E-state index contributed by atoms with van der Waals surface area (Å²) < 4.78 is 5.48. The summed E-state index contributed by atoms with van der Waals surface area (Å²) in [5, 5.41) is 0.846. The van der Waals surface area contributed by atoms with Gasteiger partial charge in [-0.25, -0.2) is 0 Å². The van der Waals surface area contributed by atoms with E-state index in [-0.39, 0.29) is 18.6 Å². The molecule has 1 amide bonds. The van der Waals surface area contributed by atoms with Crippen LogP contribution in [-0.4, -0.2) is 30.0 Å². The Morgan fingerprint density at radius 3 is 2.68 bits per heavy atom. The number of hydrogen-bond acceptors (Lipinski definition) is 2. The van der Waals surface area contributed by atoms with E-state index >= 15 is 0 Å². The third-order valence-electron chi connectivity index (χ3n) is 3.38. The van der Waals surface area contributed by atoms with Crippen LogP contribution in [0.3, 0.4) is 0 Å². The van der Waals surface area contributed by atoms with E-state index in [9.17, 15) is 4.79 Å². The van der Waals surface area contributed by atoms with Gasteiger partial charge in [0.2, 0.25) is 0 Å². The number of halogens is 2.